The van der Waals surface area contributed by atoms with Crippen LogP contribution in [-0.4, -0.2) is 53.7 Å². The molecular formula is C25H32N4S. The number of hydrogen-bond acceptors (Lipinski definition) is 3. The largest absolute Gasteiger partial charge is 0.361 e. The van der Waals surface area contributed by atoms with Crippen molar-refractivity contribution in [1.82, 2.24) is 15.1 Å². The third-order valence-corrected chi connectivity index (χ3v) is 7.49. The number of para-hydroxylation sites is 1. The Balaban J connectivity index is 1.11. The van der Waals surface area contributed by atoms with E-state index < -0.39 is 0 Å². The highest BCUT2D eigenvalue weighted by atomic mass is 32.1. The number of nitrogens with one attached hydrogen (secondary N) is 2. The Morgan fingerprint density at radius 2 is 1.80 bits per heavy atom. The molecule has 158 valence electrons. The van der Waals surface area contributed by atoms with Gasteiger partial charge in [-0.25, -0.2) is 0 Å². The zero-order chi connectivity index (χ0) is 20.3. The van der Waals surface area contributed by atoms with Crippen LogP contribution in [0.15, 0.2) is 54.6 Å². The Morgan fingerprint density at radius 3 is 2.60 bits per heavy atom. The second-order valence-corrected chi connectivity index (χ2v) is 9.56. The van der Waals surface area contributed by atoms with Crippen molar-refractivity contribution in [3.63, 3.8) is 0 Å². The van der Waals surface area contributed by atoms with E-state index in [2.05, 4.69) is 44.7 Å². The molecule has 4 atom stereocenters. The van der Waals surface area contributed by atoms with E-state index in [9.17, 15) is 0 Å². The first-order chi connectivity index (χ1) is 14.7. The number of fused-ring (bicyclic) bond motifs is 4. The van der Waals surface area contributed by atoms with Crippen molar-refractivity contribution in [2.75, 3.05) is 38.0 Å². The number of anilines is 1. The van der Waals surface area contributed by atoms with Gasteiger partial charge < -0.3 is 10.6 Å². The maximum Gasteiger partial charge on any atom is 0.170 e. The Bertz CT molecular complexity index is 870. The molecule has 2 bridgehead atoms. The molecule has 0 aromatic heterocycles. The topological polar surface area (TPSA) is 30.5 Å². The highest BCUT2D eigenvalue weighted by Gasteiger charge is 2.40. The summed E-state index contributed by atoms with van der Waals surface area (Å²) >= 11 is 5.51. The van der Waals surface area contributed by atoms with E-state index in [1.807, 2.05) is 30.3 Å². The molecule has 4 heterocycles. The predicted octanol–water partition coefficient (Wildman–Crippen LogP) is 3.74. The van der Waals surface area contributed by atoms with Gasteiger partial charge in [0.1, 0.15) is 0 Å². The molecule has 4 aliphatic heterocycles. The summed E-state index contributed by atoms with van der Waals surface area (Å²) in [5.41, 5.74) is 4.13. The van der Waals surface area contributed by atoms with E-state index in [0.29, 0.717) is 6.04 Å². The van der Waals surface area contributed by atoms with Crippen LogP contribution in [0.2, 0.25) is 0 Å². The lowest BCUT2D eigenvalue weighted by atomic mass is 9.75. The molecule has 0 saturated carbocycles. The van der Waals surface area contributed by atoms with Crippen LogP contribution in [0.4, 0.5) is 5.69 Å². The summed E-state index contributed by atoms with van der Waals surface area (Å²) in [5.74, 6) is 1.67. The van der Waals surface area contributed by atoms with Crippen LogP contribution in [0.25, 0.3) is 0 Å². The lowest BCUT2D eigenvalue weighted by Crippen LogP contribution is -2.58. The van der Waals surface area contributed by atoms with E-state index in [0.717, 1.165) is 35.7 Å². The van der Waals surface area contributed by atoms with E-state index in [1.165, 1.54) is 51.0 Å². The molecule has 0 radical (unpaired) electrons. The zero-order valence-electron chi connectivity index (χ0n) is 17.6. The molecule has 30 heavy (non-hydrogen) atoms. The lowest BCUT2D eigenvalue weighted by Gasteiger charge is -2.51. The maximum absolute atomic E-state index is 5.51. The van der Waals surface area contributed by atoms with Crippen LogP contribution < -0.4 is 10.6 Å². The molecule has 3 fully saturated rings. The third-order valence-electron chi connectivity index (χ3n) is 7.25. The SMILES string of the molecule is S=C(NC[C@@H]1C[C@H]2CCN1C[C@@H]2CN1CCc2ccccc2C1)Nc1ccccc1. The molecule has 2 N–H and O–H groups in total. The number of rotatable bonds is 5. The molecule has 0 aliphatic carbocycles. The van der Waals surface area contributed by atoms with Crippen LogP contribution in [0, 0.1) is 11.8 Å². The molecule has 2 aromatic carbocycles. The third kappa shape index (κ3) is 4.53. The van der Waals surface area contributed by atoms with Gasteiger partial charge in [-0.1, -0.05) is 42.5 Å². The standard InChI is InChI=1S/C25H32N4S/c30-25(27-23-8-2-1-3-9-23)26-15-24-14-20-11-13-29(24)18-22(20)17-28-12-10-19-6-4-5-7-21(19)16-28/h1-9,20,22,24H,10-18H2,(H2,26,27,30)/t20-,22+,24+/m1/s1. The second kappa shape index (κ2) is 9.04. The molecule has 6 rings (SSSR count). The quantitative estimate of drug-likeness (QED) is 0.720. The van der Waals surface area contributed by atoms with Gasteiger partial charge in [0.2, 0.25) is 0 Å². The summed E-state index contributed by atoms with van der Waals surface area (Å²) in [5, 5.41) is 7.48. The van der Waals surface area contributed by atoms with Gasteiger partial charge in [-0.15, -0.1) is 0 Å². The van der Waals surface area contributed by atoms with Crippen molar-refractivity contribution in [1.29, 1.82) is 0 Å². The highest BCUT2D eigenvalue weighted by molar-refractivity contribution is 7.80. The summed E-state index contributed by atoms with van der Waals surface area (Å²) in [4.78, 5) is 5.40. The van der Waals surface area contributed by atoms with Gasteiger partial charge in [0.05, 0.1) is 0 Å². The smallest absolute Gasteiger partial charge is 0.170 e. The normalized spacial score (nSPS) is 28.0. The fourth-order valence-electron chi connectivity index (χ4n) is 5.62. The summed E-state index contributed by atoms with van der Waals surface area (Å²) in [6.07, 6.45) is 3.87. The first kappa shape index (κ1) is 20.0. The molecule has 1 unspecified atom stereocenters. The average Bonchev–Trinajstić information content (AvgIpc) is 2.79. The van der Waals surface area contributed by atoms with Crippen LogP contribution in [0.1, 0.15) is 24.0 Å². The first-order valence-corrected chi connectivity index (χ1v) is 11.8. The molecule has 4 aliphatic rings. The van der Waals surface area contributed by atoms with Crippen molar-refractivity contribution in [3.8, 4) is 0 Å². The molecule has 5 heteroatoms. The summed E-state index contributed by atoms with van der Waals surface area (Å²) < 4.78 is 0. The van der Waals surface area contributed by atoms with E-state index >= 15 is 0 Å². The molecule has 0 spiro atoms. The van der Waals surface area contributed by atoms with Crippen molar-refractivity contribution in [2.24, 2.45) is 11.8 Å². The Hall–Kier alpha value is -1.95. The zero-order valence-corrected chi connectivity index (χ0v) is 18.4. The van der Waals surface area contributed by atoms with Crippen LogP contribution >= 0.6 is 12.2 Å². The Morgan fingerprint density at radius 1 is 1.00 bits per heavy atom. The van der Waals surface area contributed by atoms with Crippen molar-refractivity contribution < 1.29 is 0 Å². The van der Waals surface area contributed by atoms with Gasteiger partial charge >= 0.3 is 0 Å². The van der Waals surface area contributed by atoms with Gasteiger partial charge in [-0.3, -0.25) is 9.80 Å². The minimum Gasteiger partial charge on any atom is -0.361 e. The van der Waals surface area contributed by atoms with Gasteiger partial charge in [0.25, 0.3) is 0 Å². The van der Waals surface area contributed by atoms with Gasteiger partial charge in [0.15, 0.2) is 5.11 Å². The van der Waals surface area contributed by atoms with E-state index in [-0.39, 0.29) is 0 Å². The predicted molar refractivity (Wildman–Crippen MR) is 128 cm³/mol. The number of nitrogens with zero attached hydrogens (tertiary/aromatic N) is 2. The lowest BCUT2D eigenvalue weighted by molar-refractivity contribution is -0.0120. The highest BCUT2D eigenvalue weighted by Crippen LogP contribution is 2.37. The van der Waals surface area contributed by atoms with Crippen LogP contribution in [0.5, 0.6) is 0 Å². The van der Waals surface area contributed by atoms with Crippen molar-refractivity contribution in [2.45, 2.75) is 31.8 Å². The molecule has 3 saturated heterocycles. The number of piperidine rings is 3. The van der Waals surface area contributed by atoms with Gasteiger partial charge in [-0.2, -0.15) is 0 Å². The minimum absolute atomic E-state index is 0.609. The summed E-state index contributed by atoms with van der Waals surface area (Å²) in [6, 6.07) is 19.7. The fourth-order valence-corrected chi connectivity index (χ4v) is 5.82. The van der Waals surface area contributed by atoms with Crippen LogP contribution in [0.3, 0.4) is 0 Å². The van der Waals surface area contributed by atoms with Crippen molar-refractivity contribution in [3.05, 3.63) is 65.7 Å². The second-order valence-electron chi connectivity index (χ2n) is 9.15. The number of thiocarbonyl (C=S) groups is 1. The fraction of sp³-hybridized carbons (Fsp3) is 0.480. The van der Waals surface area contributed by atoms with E-state index in [1.54, 1.807) is 5.56 Å². The minimum atomic E-state index is 0.609. The van der Waals surface area contributed by atoms with Crippen molar-refractivity contribution >= 4 is 23.0 Å². The molecule has 2 aromatic rings. The average molecular weight is 421 g/mol. The monoisotopic (exact) mass is 420 g/mol. The molecule has 4 nitrogen and oxygen atoms in total. The summed E-state index contributed by atoms with van der Waals surface area (Å²) in [6.45, 7) is 7.03. The Labute approximate surface area is 185 Å². The van der Waals surface area contributed by atoms with Gasteiger partial charge in [-0.05, 0) is 73.1 Å². The Kier molecular flexibility index (Phi) is 6.02. The first-order valence-electron chi connectivity index (χ1n) is 11.4. The maximum atomic E-state index is 5.51. The number of benzene rings is 2. The van der Waals surface area contributed by atoms with Crippen LogP contribution in [-0.2, 0) is 13.0 Å². The number of hydrogen-bond donors (Lipinski definition) is 2. The van der Waals surface area contributed by atoms with Gasteiger partial charge in [0, 0.05) is 44.5 Å². The molecular weight excluding hydrogens is 388 g/mol. The summed E-state index contributed by atoms with van der Waals surface area (Å²) in [7, 11) is 0. The molecule has 0 amide bonds. The van der Waals surface area contributed by atoms with E-state index in [4.69, 9.17) is 12.2 Å².